The van der Waals surface area contributed by atoms with Gasteiger partial charge in [0.25, 0.3) is 0 Å². The first-order valence-corrected chi connectivity index (χ1v) is 6.15. The van der Waals surface area contributed by atoms with E-state index in [4.69, 9.17) is 9.15 Å². The molecule has 0 aliphatic rings. The Balaban J connectivity index is 1.95. The predicted molar refractivity (Wildman–Crippen MR) is 75.4 cm³/mol. The molecule has 1 aromatic carbocycles. The van der Waals surface area contributed by atoms with Crippen molar-refractivity contribution >= 4 is 22.8 Å². The number of amides is 1. The summed E-state index contributed by atoms with van der Waals surface area (Å²) in [4.78, 5) is 28.7. The van der Waals surface area contributed by atoms with Gasteiger partial charge in [0.2, 0.25) is 11.5 Å². The van der Waals surface area contributed by atoms with E-state index >= 15 is 0 Å². The second kappa shape index (κ2) is 5.12. The number of nitrogens with zero attached hydrogens (tertiary/aromatic N) is 1. The zero-order valence-corrected chi connectivity index (χ0v) is 11.0. The van der Waals surface area contributed by atoms with Crippen LogP contribution in [-0.4, -0.2) is 15.9 Å². The Kier molecular flexibility index (Phi) is 3.15. The van der Waals surface area contributed by atoms with E-state index in [1.165, 1.54) is 13.1 Å². The van der Waals surface area contributed by atoms with Crippen LogP contribution >= 0.6 is 0 Å². The Morgan fingerprint density at radius 3 is 3.05 bits per heavy atom. The highest BCUT2D eigenvalue weighted by Gasteiger charge is 2.10. The minimum atomic E-state index is -0.597. The summed E-state index contributed by atoms with van der Waals surface area (Å²) in [5.41, 5.74) is 1.17. The molecule has 0 bridgehead atoms. The number of oxazole rings is 1. The molecule has 0 spiro atoms. The zero-order chi connectivity index (χ0) is 14.8. The molecule has 0 aliphatic heterocycles. The number of anilines is 1. The van der Waals surface area contributed by atoms with Crippen LogP contribution in [0.1, 0.15) is 6.92 Å². The van der Waals surface area contributed by atoms with Gasteiger partial charge in [0.05, 0.1) is 0 Å². The summed E-state index contributed by atoms with van der Waals surface area (Å²) < 4.78 is 10.7. The summed E-state index contributed by atoms with van der Waals surface area (Å²) >= 11 is 0. The number of benzene rings is 1. The molecule has 0 aliphatic carbocycles. The summed E-state index contributed by atoms with van der Waals surface area (Å²) in [5.74, 6) is 0.0894. The van der Waals surface area contributed by atoms with Crippen molar-refractivity contribution in [3.63, 3.8) is 0 Å². The monoisotopic (exact) mass is 285 g/mol. The maximum Gasteiger partial charge on any atom is 0.418 e. The first kappa shape index (κ1) is 12.9. The number of carbonyl (C=O) groups is 1. The Morgan fingerprint density at radius 1 is 1.38 bits per heavy atom. The van der Waals surface area contributed by atoms with Gasteiger partial charge in [-0.15, -0.1) is 0 Å². The number of carbonyl (C=O) groups excluding carboxylic acids is 1. The fourth-order valence-corrected chi connectivity index (χ4v) is 1.88. The fourth-order valence-electron chi connectivity index (χ4n) is 1.88. The molecule has 0 radical (unpaired) electrons. The number of aromatic amines is 1. The lowest BCUT2D eigenvalue weighted by molar-refractivity contribution is -0.114. The minimum Gasteiger partial charge on any atom is -0.453 e. The van der Waals surface area contributed by atoms with E-state index in [2.05, 4.69) is 15.3 Å². The van der Waals surface area contributed by atoms with Crippen molar-refractivity contribution in [1.29, 1.82) is 0 Å². The molecule has 106 valence electrons. The molecular formula is C14H11N3O4. The number of aromatic nitrogens is 2. The Morgan fingerprint density at radius 2 is 2.24 bits per heavy atom. The number of hydrogen-bond acceptors (Lipinski definition) is 5. The number of nitrogens with one attached hydrogen (secondary N) is 2. The van der Waals surface area contributed by atoms with Gasteiger partial charge in [-0.3, -0.25) is 9.78 Å². The highest BCUT2D eigenvalue weighted by atomic mass is 16.5. The fraction of sp³-hybridized carbons (Fsp3) is 0.0714. The van der Waals surface area contributed by atoms with Crippen LogP contribution in [0.25, 0.3) is 11.2 Å². The number of rotatable bonds is 3. The maximum absolute atomic E-state index is 11.2. The summed E-state index contributed by atoms with van der Waals surface area (Å²) in [5, 5.41) is 2.66. The highest BCUT2D eigenvalue weighted by Crippen LogP contribution is 2.28. The lowest BCUT2D eigenvalue weighted by Crippen LogP contribution is -2.05. The molecule has 0 unspecified atom stereocenters. The number of fused-ring (bicyclic) bond motifs is 1. The predicted octanol–water partition coefficient (Wildman–Crippen LogP) is 2.27. The van der Waals surface area contributed by atoms with Crippen LogP contribution in [0.15, 0.2) is 45.7 Å². The Labute approximate surface area is 118 Å². The van der Waals surface area contributed by atoms with Crippen LogP contribution in [0.3, 0.4) is 0 Å². The maximum atomic E-state index is 11.2. The van der Waals surface area contributed by atoms with E-state index in [0.29, 0.717) is 22.8 Å². The van der Waals surface area contributed by atoms with Crippen molar-refractivity contribution in [2.24, 2.45) is 0 Å². The third-order valence-corrected chi connectivity index (χ3v) is 2.67. The molecule has 3 rings (SSSR count). The molecule has 0 saturated heterocycles. The van der Waals surface area contributed by atoms with Gasteiger partial charge in [0, 0.05) is 30.9 Å². The van der Waals surface area contributed by atoms with Gasteiger partial charge in [-0.2, -0.15) is 0 Å². The smallest absolute Gasteiger partial charge is 0.418 e. The van der Waals surface area contributed by atoms with Crippen molar-refractivity contribution in [2.45, 2.75) is 6.92 Å². The number of hydrogen-bond donors (Lipinski definition) is 2. The number of H-pyrrole nitrogens is 1. The molecule has 2 heterocycles. The van der Waals surface area contributed by atoms with Gasteiger partial charge in [-0.25, -0.2) is 9.78 Å². The van der Waals surface area contributed by atoms with E-state index in [0.717, 1.165) is 0 Å². The van der Waals surface area contributed by atoms with Crippen LogP contribution in [0.4, 0.5) is 5.69 Å². The van der Waals surface area contributed by atoms with E-state index in [1.54, 1.807) is 30.3 Å². The average molecular weight is 285 g/mol. The van der Waals surface area contributed by atoms with E-state index in [9.17, 15) is 9.59 Å². The largest absolute Gasteiger partial charge is 0.453 e. The average Bonchev–Trinajstić information content (AvgIpc) is 2.80. The van der Waals surface area contributed by atoms with Crippen molar-refractivity contribution in [3.05, 3.63) is 47.1 Å². The number of pyridine rings is 1. The van der Waals surface area contributed by atoms with Gasteiger partial charge in [0.1, 0.15) is 5.75 Å². The SMILES string of the molecule is CC(=O)Nc1cccc(Oc2ccnc3[nH]c(=O)oc23)c1. The Bertz CT molecular complexity index is 866. The third kappa shape index (κ3) is 2.76. The third-order valence-electron chi connectivity index (χ3n) is 2.67. The van der Waals surface area contributed by atoms with Gasteiger partial charge in [-0.1, -0.05) is 6.07 Å². The van der Waals surface area contributed by atoms with Crippen molar-refractivity contribution < 1.29 is 13.9 Å². The van der Waals surface area contributed by atoms with Crippen LogP contribution in [0.5, 0.6) is 11.5 Å². The second-order valence-electron chi connectivity index (χ2n) is 4.31. The molecule has 0 fully saturated rings. The molecule has 0 saturated carbocycles. The summed E-state index contributed by atoms with van der Waals surface area (Å²) in [6, 6.07) is 8.46. The molecule has 0 atom stereocenters. The first-order chi connectivity index (χ1) is 10.1. The molecular weight excluding hydrogens is 274 g/mol. The number of ether oxygens (including phenoxy) is 1. The Hall–Kier alpha value is -3.09. The van der Waals surface area contributed by atoms with E-state index in [-0.39, 0.29) is 11.5 Å². The van der Waals surface area contributed by atoms with E-state index < -0.39 is 5.76 Å². The molecule has 3 aromatic rings. The van der Waals surface area contributed by atoms with Gasteiger partial charge in [0.15, 0.2) is 11.4 Å². The van der Waals surface area contributed by atoms with Crippen LogP contribution in [0, 0.1) is 0 Å². The van der Waals surface area contributed by atoms with Gasteiger partial charge in [-0.05, 0) is 12.1 Å². The summed E-state index contributed by atoms with van der Waals surface area (Å²) in [6.45, 7) is 1.42. The van der Waals surface area contributed by atoms with Crippen molar-refractivity contribution in [2.75, 3.05) is 5.32 Å². The topological polar surface area (TPSA) is 97.2 Å². The van der Waals surface area contributed by atoms with Crippen molar-refractivity contribution in [3.8, 4) is 11.5 Å². The highest BCUT2D eigenvalue weighted by molar-refractivity contribution is 5.88. The lowest BCUT2D eigenvalue weighted by Gasteiger charge is -2.07. The quantitative estimate of drug-likeness (QED) is 0.769. The standard InChI is InChI=1S/C14H11N3O4/c1-8(18)16-9-3-2-4-10(7-9)20-11-5-6-15-13-12(11)21-14(19)17-13/h2-7H,1H3,(H,16,18)(H,15,17,19). The van der Waals surface area contributed by atoms with Crippen LogP contribution in [0.2, 0.25) is 0 Å². The zero-order valence-electron chi connectivity index (χ0n) is 11.0. The molecule has 7 nitrogen and oxygen atoms in total. The van der Waals surface area contributed by atoms with Crippen molar-refractivity contribution in [1.82, 2.24) is 9.97 Å². The first-order valence-electron chi connectivity index (χ1n) is 6.15. The minimum absolute atomic E-state index is 0.171. The molecule has 1 amide bonds. The molecule has 2 aromatic heterocycles. The molecule has 7 heteroatoms. The molecule has 21 heavy (non-hydrogen) atoms. The van der Waals surface area contributed by atoms with Gasteiger partial charge >= 0.3 is 5.76 Å². The van der Waals surface area contributed by atoms with Gasteiger partial charge < -0.3 is 14.5 Å². The van der Waals surface area contributed by atoms with E-state index in [1.807, 2.05) is 0 Å². The van der Waals surface area contributed by atoms with Crippen LogP contribution < -0.4 is 15.8 Å². The molecule has 2 N–H and O–H groups in total. The second-order valence-corrected chi connectivity index (χ2v) is 4.31. The summed E-state index contributed by atoms with van der Waals surface area (Å²) in [6.07, 6.45) is 1.50. The van der Waals surface area contributed by atoms with Crippen LogP contribution in [-0.2, 0) is 4.79 Å². The normalized spacial score (nSPS) is 10.5. The lowest BCUT2D eigenvalue weighted by atomic mass is 10.3. The summed E-state index contributed by atoms with van der Waals surface area (Å²) in [7, 11) is 0.